The van der Waals surface area contributed by atoms with Gasteiger partial charge in [0.15, 0.2) is 0 Å². The molecule has 0 atom stereocenters. The summed E-state index contributed by atoms with van der Waals surface area (Å²) in [5.74, 6) is -0.661. The monoisotopic (exact) mass is 310 g/mol. The smallest absolute Gasteiger partial charge is 0.407 e. The van der Waals surface area contributed by atoms with E-state index < -0.39 is 23.2 Å². The van der Waals surface area contributed by atoms with E-state index in [-0.39, 0.29) is 5.56 Å². The molecule has 22 heavy (non-hydrogen) atoms. The number of hydrogen-bond acceptors (Lipinski definition) is 5. The molecule has 1 rings (SSSR count). The fourth-order valence-electron chi connectivity index (χ4n) is 1.73. The topological polar surface area (TPSA) is 86.6 Å². The Labute approximate surface area is 129 Å². The molecule has 122 valence electrons. The molecule has 0 aromatic carbocycles. The number of carbonyl (C=O) groups excluding carboxylic acids is 2. The molecule has 0 bridgehead atoms. The predicted molar refractivity (Wildman–Crippen MR) is 80.9 cm³/mol. The van der Waals surface area contributed by atoms with Crippen LogP contribution in [0.5, 0.6) is 0 Å². The van der Waals surface area contributed by atoms with Gasteiger partial charge in [-0.2, -0.15) is 0 Å². The second-order valence-electron chi connectivity index (χ2n) is 5.69. The highest BCUT2D eigenvalue weighted by atomic mass is 16.6. The Morgan fingerprint density at radius 1 is 1.32 bits per heavy atom. The molecule has 1 aromatic rings. The summed E-state index contributed by atoms with van der Waals surface area (Å²) in [6.45, 7) is 6.09. The second kappa shape index (κ2) is 7.63. The highest BCUT2D eigenvalue weighted by Gasteiger charge is 2.15. The average Bonchev–Trinajstić information content (AvgIpc) is 2.42. The number of alkyl carbamates (subject to hydrolysis) is 1. The summed E-state index contributed by atoms with van der Waals surface area (Å²) in [4.78, 5) is 34.9. The molecule has 0 aliphatic rings. The number of hydrogen-bond donors (Lipinski definition) is 1. The molecule has 0 saturated carbocycles. The van der Waals surface area contributed by atoms with Gasteiger partial charge in [0.2, 0.25) is 0 Å². The van der Waals surface area contributed by atoms with Crippen molar-refractivity contribution in [3.63, 3.8) is 0 Å². The zero-order valence-electron chi connectivity index (χ0n) is 13.3. The summed E-state index contributed by atoms with van der Waals surface area (Å²) in [6, 6.07) is 3.03. The standard InChI is InChI=1S/C15H22N2O5/c1-15(2,3)22-14(20)16-8-6-10-17-9-5-7-11(12(17)18)13(19)21-4/h5,7,9H,6,8,10H2,1-4H3,(H,16,20). The van der Waals surface area contributed by atoms with Crippen molar-refractivity contribution in [1.29, 1.82) is 0 Å². The maximum Gasteiger partial charge on any atom is 0.407 e. The van der Waals surface area contributed by atoms with Gasteiger partial charge in [0, 0.05) is 19.3 Å². The molecule has 0 saturated heterocycles. The number of aromatic nitrogens is 1. The minimum Gasteiger partial charge on any atom is -0.465 e. The number of pyridine rings is 1. The molecule has 0 unspecified atom stereocenters. The first kappa shape index (κ1) is 17.7. The minimum atomic E-state index is -0.661. The molecule has 0 radical (unpaired) electrons. The quantitative estimate of drug-likeness (QED) is 0.658. The number of rotatable bonds is 5. The van der Waals surface area contributed by atoms with Crippen LogP contribution in [0.2, 0.25) is 0 Å². The van der Waals surface area contributed by atoms with Crippen LogP contribution in [-0.4, -0.2) is 35.9 Å². The fraction of sp³-hybridized carbons (Fsp3) is 0.533. The van der Waals surface area contributed by atoms with Gasteiger partial charge >= 0.3 is 12.1 Å². The second-order valence-corrected chi connectivity index (χ2v) is 5.69. The maximum atomic E-state index is 12.0. The van der Waals surface area contributed by atoms with Crippen molar-refractivity contribution in [2.75, 3.05) is 13.7 Å². The van der Waals surface area contributed by atoms with Crippen LogP contribution in [-0.2, 0) is 16.0 Å². The minimum absolute atomic E-state index is 0.00917. The van der Waals surface area contributed by atoms with Crippen LogP contribution < -0.4 is 10.9 Å². The van der Waals surface area contributed by atoms with Crippen molar-refractivity contribution < 1.29 is 19.1 Å². The molecule has 7 heteroatoms. The lowest BCUT2D eigenvalue weighted by Gasteiger charge is -2.19. The van der Waals surface area contributed by atoms with E-state index in [1.54, 1.807) is 33.0 Å². The summed E-state index contributed by atoms with van der Waals surface area (Å²) >= 11 is 0. The van der Waals surface area contributed by atoms with Gasteiger partial charge in [-0.25, -0.2) is 9.59 Å². The van der Waals surface area contributed by atoms with Crippen molar-refractivity contribution >= 4 is 12.1 Å². The van der Waals surface area contributed by atoms with Crippen LogP contribution in [0.25, 0.3) is 0 Å². The number of esters is 1. The van der Waals surface area contributed by atoms with Gasteiger partial charge in [-0.1, -0.05) is 0 Å². The summed E-state index contributed by atoms with van der Waals surface area (Å²) in [5, 5.41) is 2.61. The maximum absolute atomic E-state index is 12.0. The predicted octanol–water partition coefficient (Wildman–Crippen LogP) is 1.55. The third-order valence-electron chi connectivity index (χ3n) is 2.67. The van der Waals surface area contributed by atoms with E-state index in [1.807, 2.05) is 0 Å². The lowest BCUT2D eigenvalue weighted by Crippen LogP contribution is -2.34. The van der Waals surface area contributed by atoms with Gasteiger partial charge in [-0.15, -0.1) is 0 Å². The molecule has 0 aliphatic carbocycles. The van der Waals surface area contributed by atoms with Crippen LogP contribution >= 0.6 is 0 Å². The van der Waals surface area contributed by atoms with Gasteiger partial charge in [0.25, 0.3) is 5.56 Å². The molecular formula is C15H22N2O5. The first-order valence-corrected chi connectivity index (χ1v) is 6.99. The molecule has 1 aromatic heterocycles. The molecule has 1 amide bonds. The van der Waals surface area contributed by atoms with Crippen LogP contribution in [0.1, 0.15) is 37.6 Å². The number of nitrogens with zero attached hydrogens (tertiary/aromatic N) is 1. The average molecular weight is 310 g/mol. The highest BCUT2D eigenvalue weighted by Crippen LogP contribution is 2.06. The summed E-state index contributed by atoms with van der Waals surface area (Å²) < 4.78 is 11.1. The number of ether oxygens (including phenoxy) is 2. The SMILES string of the molecule is COC(=O)c1cccn(CCCNC(=O)OC(C)(C)C)c1=O. The molecule has 7 nitrogen and oxygen atoms in total. The molecule has 0 fully saturated rings. The Morgan fingerprint density at radius 3 is 2.59 bits per heavy atom. The largest absolute Gasteiger partial charge is 0.465 e. The number of carbonyl (C=O) groups is 2. The van der Waals surface area contributed by atoms with Crippen molar-refractivity contribution in [3.8, 4) is 0 Å². The van der Waals surface area contributed by atoms with Crippen LogP contribution in [0.15, 0.2) is 23.1 Å². The van der Waals surface area contributed by atoms with E-state index in [1.165, 1.54) is 17.7 Å². The van der Waals surface area contributed by atoms with Crippen LogP contribution in [0.4, 0.5) is 4.79 Å². The molecular weight excluding hydrogens is 288 g/mol. The van der Waals surface area contributed by atoms with Crippen molar-refractivity contribution in [3.05, 3.63) is 34.2 Å². The first-order valence-electron chi connectivity index (χ1n) is 6.99. The molecule has 0 aliphatic heterocycles. The van der Waals surface area contributed by atoms with Gasteiger partial charge in [-0.05, 0) is 39.3 Å². The number of methoxy groups -OCH3 is 1. The van der Waals surface area contributed by atoms with E-state index >= 15 is 0 Å². The van der Waals surface area contributed by atoms with Gasteiger partial charge in [0.05, 0.1) is 7.11 Å². The number of nitrogens with one attached hydrogen (secondary N) is 1. The number of amides is 1. The van der Waals surface area contributed by atoms with E-state index in [4.69, 9.17) is 4.74 Å². The lowest BCUT2D eigenvalue weighted by atomic mass is 10.2. The van der Waals surface area contributed by atoms with Crippen molar-refractivity contribution in [2.24, 2.45) is 0 Å². The van der Waals surface area contributed by atoms with E-state index in [2.05, 4.69) is 10.1 Å². The Kier molecular flexibility index (Phi) is 6.15. The van der Waals surface area contributed by atoms with Gasteiger partial charge in [-0.3, -0.25) is 4.79 Å². The normalized spacial score (nSPS) is 10.9. The van der Waals surface area contributed by atoms with E-state index in [9.17, 15) is 14.4 Å². The Balaban J connectivity index is 2.51. The highest BCUT2D eigenvalue weighted by molar-refractivity contribution is 5.88. The Hall–Kier alpha value is -2.31. The molecule has 1 N–H and O–H groups in total. The molecule has 0 spiro atoms. The van der Waals surface area contributed by atoms with E-state index in [0.717, 1.165) is 0 Å². The van der Waals surface area contributed by atoms with Gasteiger partial charge < -0.3 is 19.4 Å². The Morgan fingerprint density at radius 2 is 2.00 bits per heavy atom. The molecule has 1 heterocycles. The Bertz CT molecular complexity index is 586. The van der Waals surface area contributed by atoms with Crippen LogP contribution in [0.3, 0.4) is 0 Å². The first-order chi connectivity index (χ1) is 10.2. The third kappa shape index (κ3) is 5.59. The van der Waals surface area contributed by atoms with Crippen molar-refractivity contribution in [2.45, 2.75) is 39.3 Å². The zero-order chi connectivity index (χ0) is 16.8. The van der Waals surface area contributed by atoms with E-state index in [0.29, 0.717) is 19.5 Å². The third-order valence-corrected chi connectivity index (χ3v) is 2.67. The summed E-state index contributed by atoms with van der Waals surface area (Å²) in [5.41, 5.74) is -0.965. The summed E-state index contributed by atoms with van der Waals surface area (Å²) in [7, 11) is 1.23. The fourth-order valence-corrected chi connectivity index (χ4v) is 1.73. The zero-order valence-corrected chi connectivity index (χ0v) is 13.3. The summed E-state index contributed by atoms with van der Waals surface area (Å²) in [6.07, 6.45) is 1.62. The van der Waals surface area contributed by atoms with Crippen molar-refractivity contribution in [1.82, 2.24) is 9.88 Å². The van der Waals surface area contributed by atoms with Crippen LogP contribution in [0, 0.1) is 0 Å². The lowest BCUT2D eigenvalue weighted by molar-refractivity contribution is 0.0525. The van der Waals surface area contributed by atoms with Gasteiger partial charge in [0.1, 0.15) is 11.2 Å². The number of aryl methyl sites for hydroxylation is 1.